The molecule has 0 spiro atoms. The second-order valence-corrected chi connectivity index (χ2v) is 5.44. The Bertz CT molecular complexity index is 340. The topological polar surface area (TPSA) is 64.3 Å². The first-order valence-electron chi connectivity index (χ1n) is 6.48. The van der Waals surface area contributed by atoms with Gasteiger partial charge in [0, 0.05) is 19.0 Å². The van der Waals surface area contributed by atoms with E-state index in [1.54, 1.807) is 11.8 Å². The summed E-state index contributed by atoms with van der Waals surface area (Å²) in [5.41, 5.74) is -0.756. The Morgan fingerprint density at radius 1 is 1.53 bits per heavy atom. The molecule has 0 aromatic heterocycles. The summed E-state index contributed by atoms with van der Waals surface area (Å²) in [5.74, 6) is 0.178. The summed E-state index contributed by atoms with van der Waals surface area (Å²) in [6.07, 6.45) is 3.86. The lowest BCUT2D eigenvalue weighted by molar-refractivity contribution is -0.138. The number of nitriles is 1. The van der Waals surface area contributed by atoms with E-state index in [0.29, 0.717) is 25.9 Å². The minimum atomic E-state index is -0.756. The van der Waals surface area contributed by atoms with Crippen molar-refractivity contribution in [3.63, 3.8) is 0 Å². The Labute approximate surface area is 102 Å². The number of likely N-dealkylation sites (tertiary alicyclic amines) is 1. The molecule has 94 valence electrons. The predicted molar refractivity (Wildman–Crippen MR) is 62.9 cm³/mol. The van der Waals surface area contributed by atoms with Gasteiger partial charge < -0.3 is 10.0 Å². The van der Waals surface area contributed by atoms with E-state index in [9.17, 15) is 15.2 Å². The first-order chi connectivity index (χ1) is 8.09. The lowest BCUT2D eigenvalue weighted by Crippen LogP contribution is -2.41. The number of hydrogen-bond acceptors (Lipinski definition) is 3. The zero-order valence-corrected chi connectivity index (χ0v) is 10.4. The molecule has 1 aliphatic carbocycles. The van der Waals surface area contributed by atoms with Crippen LogP contribution >= 0.6 is 0 Å². The monoisotopic (exact) mass is 236 g/mol. The van der Waals surface area contributed by atoms with Gasteiger partial charge in [-0.05, 0) is 26.2 Å². The zero-order valence-electron chi connectivity index (χ0n) is 10.4. The van der Waals surface area contributed by atoms with E-state index >= 15 is 0 Å². The molecule has 1 saturated heterocycles. The molecule has 17 heavy (non-hydrogen) atoms. The normalized spacial score (nSPS) is 29.0. The van der Waals surface area contributed by atoms with Gasteiger partial charge in [0.1, 0.15) is 5.41 Å². The first kappa shape index (κ1) is 12.4. The first-order valence-corrected chi connectivity index (χ1v) is 6.48. The Balaban J connectivity index is 2.04. The van der Waals surface area contributed by atoms with Crippen LogP contribution < -0.4 is 0 Å². The van der Waals surface area contributed by atoms with Gasteiger partial charge in [-0.3, -0.25) is 4.79 Å². The average Bonchev–Trinajstić information content (AvgIpc) is 2.98. The summed E-state index contributed by atoms with van der Waals surface area (Å²) in [6.45, 7) is 3.08. The Morgan fingerprint density at radius 3 is 2.65 bits per heavy atom. The smallest absolute Gasteiger partial charge is 0.243 e. The van der Waals surface area contributed by atoms with Crippen molar-refractivity contribution in [3.8, 4) is 6.07 Å². The predicted octanol–water partition coefficient (Wildman–Crippen LogP) is 1.30. The van der Waals surface area contributed by atoms with Crippen LogP contribution in [-0.4, -0.2) is 35.1 Å². The van der Waals surface area contributed by atoms with E-state index in [2.05, 4.69) is 6.07 Å². The minimum Gasteiger partial charge on any atom is -0.393 e. The third-order valence-electron chi connectivity index (χ3n) is 4.27. The van der Waals surface area contributed by atoms with Crippen molar-refractivity contribution in [2.75, 3.05) is 13.1 Å². The Hall–Kier alpha value is -1.08. The van der Waals surface area contributed by atoms with Crippen LogP contribution in [-0.2, 0) is 4.79 Å². The molecule has 2 rings (SSSR count). The highest BCUT2D eigenvalue weighted by Gasteiger charge is 2.45. The van der Waals surface area contributed by atoms with Gasteiger partial charge in [0.2, 0.25) is 5.91 Å². The summed E-state index contributed by atoms with van der Waals surface area (Å²) < 4.78 is 0. The summed E-state index contributed by atoms with van der Waals surface area (Å²) >= 11 is 0. The van der Waals surface area contributed by atoms with Gasteiger partial charge in [-0.1, -0.05) is 12.8 Å². The molecular weight excluding hydrogens is 216 g/mol. The standard InChI is InChI=1S/C13H20N2O2/c1-10(16)11-4-7-15(8-11)12(17)13(9-14)5-2-3-6-13/h10-11,16H,2-8H2,1H3. The van der Waals surface area contributed by atoms with Crippen molar-refractivity contribution in [1.29, 1.82) is 5.26 Å². The highest BCUT2D eigenvalue weighted by molar-refractivity contribution is 5.86. The number of rotatable bonds is 2. The summed E-state index contributed by atoms with van der Waals surface area (Å²) in [5, 5.41) is 18.8. The number of nitrogens with zero attached hydrogens (tertiary/aromatic N) is 2. The van der Waals surface area contributed by atoms with Gasteiger partial charge in [-0.25, -0.2) is 0 Å². The maximum absolute atomic E-state index is 12.4. The molecule has 2 atom stereocenters. The summed E-state index contributed by atoms with van der Waals surface area (Å²) in [7, 11) is 0. The maximum Gasteiger partial charge on any atom is 0.243 e. The molecule has 1 saturated carbocycles. The number of carbonyl (C=O) groups excluding carboxylic acids is 1. The van der Waals surface area contributed by atoms with Crippen LogP contribution in [0.1, 0.15) is 39.0 Å². The van der Waals surface area contributed by atoms with Crippen LogP contribution in [0.2, 0.25) is 0 Å². The molecular formula is C13H20N2O2. The van der Waals surface area contributed by atoms with Crippen LogP contribution in [0.5, 0.6) is 0 Å². The van der Waals surface area contributed by atoms with E-state index in [0.717, 1.165) is 19.3 Å². The summed E-state index contributed by atoms with van der Waals surface area (Å²) in [4.78, 5) is 14.2. The van der Waals surface area contributed by atoms with E-state index in [1.165, 1.54) is 0 Å². The fourth-order valence-corrected chi connectivity index (χ4v) is 3.02. The van der Waals surface area contributed by atoms with Crippen LogP contribution in [0, 0.1) is 22.7 Å². The minimum absolute atomic E-state index is 0.000602. The van der Waals surface area contributed by atoms with Gasteiger partial charge in [0.25, 0.3) is 0 Å². The molecule has 2 unspecified atom stereocenters. The fourth-order valence-electron chi connectivity index (χ4n) is 3.02. The molecule has 0 bridgehead atoms. The highest BCUT2D eigenvalue weighted by Crippen LogP contribution is 2.40. The number of amides is 1. The van der Waals surface area contributed by atoms with Crippen molar-refractivity contribution in [2.45, 2.75) is 45.1 Å². The second-order valence-electron chi connectivity index (χ2n) is 5.44. The number of aliphatic hydroxyl groups is 1. The van der Waals surface area contributed by atoms with Gasteiger partial charge >= 0.3 is 0 Å². The van der Waals surface area contributed by atoms with Gasteiger partial charge in [0.15, 0.2) is 0 Å². The number of hydrogen-bond donors (Lipinski definition) is 1. The fraction of sp³-hybridized carbons (Fsp3) is 0.846. The molecule has 2 aliphatic rings. The molecule has 4 nitrogen and oxygen atoms in total. The largest absolute Gasteiger partial charge is 0.393 e. The molecule has 4 heteroatoms. The second kappa shape index (κ2) is 4.66. The van der Waals surface area contributed by atoms with E-state index in [4.69, 9.17) is 0 Å². The third-order valence-corrected chi connectivity index (χ3v) is 4.27. The Kier molecular flexibility index (Phi) is 3.39. The van der Waals surface area contributed by atoms with Gasteiger partial charge in [-0.2, -0.15) is 5.26 Å². The molecule has 1 amide bonds. The summed E-state index contributed by atoms with van der Waals surface area (Å²) in [6, 6.07) is 2.24. The highest BCUT2D eigenvalue weighted by atomic mass is 16.3. The quantitative estimate of drug-likeness (QED) is 0.786. The number of aliphatic hydroxyl groups excluding tert-OH is 1. The van der Waals surface area contributed by atoms with Crippen molar-refractivity contribution in [3.05, 3.63) is 0 Å². The van der Waals surface area contributed by atoms with Crippen molar-refractivity contribution < 1.29 is 9.90 Å². The van der Waals surface area contributed by atoms with E-state index in [1.807, 2.05) is 0 Å². The van der Waals surface area contributed by atoms with Crippen molar-refractivity contribution in [1.82, 2.24) is 4.90 Å². The SMILES string of the molecule is CC(O)C1CCN(C(=O)C2(C#N)CCCC2)C1. The average molecular weight is 236 g/mol. The molecule has 0 radical (unpaired) electrons. The zero-order chi connectivity index (χ0) is 12.5. The number of carbonyl (C=O) groups is 1. The van der Waals surface area contributed by atoms with Crippen LogP contribution in [0.3, 0.4) is 0 Å². The van der Waals surface area contributed by atoms with E-state index in [-0.39, 0.29) is 17.9 Å². The van der Waals surface area contributed by atoms with Gasteiger partial charge in [0.05, 0.1) is 12.2 Å². The molecule has 1 heterocycles. The van der Waals surface area contributed by atoms with Crippen molar-refractivity contribution in [2.24, 2.45) is 11.3 Å². The van der Waals surface area contributed by atoms with Crippen LogP contribution in [0.15, 0.2) is 0 Å². The lowest BCUT2D eigenvalue weighted by atomic mass is 9.86. The molecule has 1 N–H and O–H groups in total. The lowest BCUT2D eigenvalue weighted by Gasteiger charge is -2.26. The third kappa shape index (κ3) is 2.16. The van der Waals surface area contributed by atoms with Crippen LogP contribution in [0.4, 0.5) is 0 Å². The van der Waals surface area contributed by atoms with Crippen molar-refractivity contribution >= 4 is 5.91 Å². The Morgan fingerprint density at radius 2 is 2.18 bits per heavy atom. The molecule has 0 aromatic carbocycles. The van der Waals surface area contributed by atoms with Crippen LogP contribution in [0.25, 0.3) is 0 Å². The molecule has 0 aromatic rings. The van der Waals surface area contributed by atoms with Gasteiger partial charge in [-0.15, -0.1) is 0 Å². The molecule has 2 fully saturated rings. The maximum atomic E-state index is 12.4. The van der Waals surface area contributed by atoms with E-state index < -0.39 is 5.41 Å². The molecule has 1 aliphatic heterocycles.